The summed E-state index contributed by atoms with van der Waals surface area (Å²) in [7, 11) is 0. The minimum absolute atomic E-state index is 0.340. The molecule has 2 aromatic rings. The molecular weight excluding hydrogens is 464 g/mol. The average molecular weight is 503 g/mol. The van der Waals surface area contributed by atoms with Gasteiger partial charge in [-0.15, -0.1) is 0 Å². The Labute approximate surface area is 226 Å². The molecule has 0 atom stereocenters. The van der Waals surface area contributed by atoms with Crippen LogP contribution in [0.5, 0.6) is 0 Å². The highest BCUT2D eigenvalue weighted by molar-refractivity contribution is 5.93. The summed E-state index contributed by atoms with van der Waals surface area (Å²) in [4.78, 5) is 9.88. The van der Waals surface area contributed by atoms with E-state index in [0.29, 0.717) is 5.41 Å². The fraction of sp³-hybridized carbons (Fsp3) is 0.294. The van der Waals surface area contributed by atoms with Crippen LogP contribution in [0, 0.1) is 12.3 Å². The van der Waals surface area contributed by atoms with Crippen LogP contribution in [0.15, 0.2) is 90.3 Å². The van der Waals surface area contributed by atoms with E-state index in [4.69, 9.17) is 9.97 Å². The Bertz CT molecular complexity index is 1510. The van der Waals surface area contributed by atoms with E-state index in [1.807, 2.05) is 43.5 Å². The number of aromatic nitrogens is 2. The highest BCUT2D eigenvalue weighted by Gasteiger charge is 2.24. The van der Waals surface area contributed by atoms with Crippen molar-refractivity contribution in [2.75, 3.05) is 6.54 Å². The van der Waals surface area contributed by atoms with Crippen LogP contribution in [0.2, 0.25) is 0 Å². The fourth-order valence-corrected chi connectivity index (χ4v) is 5.42. The minimum atomic E-state index is 0.340. The Morgan fingerprint density at radius 3 is 2.76 bits per heavy atom. The van der Waals surface area contributed by atoms with Gasteiger partial charge in [-0.1, -0.05) is 56.4 Å². The lowest BCUT2D eigenvalue weighted by molar-refractivity contribution is 0.360. The number of fused-ring (bicyclic) bond motifs is 1. The van der Waals surface area contributed by atoms with E-state index in [1.165, 1.54) is 19.3 Å². The van der Waals surface area contributed by atoms with Crippen molar-refractivity contribution in [3.63, 3.8) is 0 Å². The van der Waals surface area contributed by atoms with Gasteiger partial charge < -0.3 is 10.6 Å². The molecule has 194 valence electrons. The second-order valence-corrected chi connectivity index (χ2v) is 11.0. The van der Waals surface area contributed by atoms with E-state index < -0.39 is 0 Å². The van der Waals surface area contributed by atoms with Crippen LogP contribution in [0.25, 0.3) is 23.4 Å². The van der Waals surface area contributed by atoms with Crippen LogP contribution >= 0.6 is 0 Å². The SMILES string of the molecule is C=C1C=C(NCCCC2=CCCCC2(C)C)C=c2nc(C3=C(c4cccc(C)n4)NC=CC=C3)ccc2=C1. The summed E-state index contributed by atoms with van der Waals surface area (Å²) >= 11 is 0. The maximum Gasteiger partial charge on any atom is 0.0874 e. The summed E-state index contributed by atoms with van der Waals surface area (Å²) in [5, 5.41) is 9.08. The first-order chi connectivity index (χ1) is 18.4. The minimum Gasteiger partial charge on any atom is -0.385 e. The van der Waals surface area contributed by atoms with E-state index in [2.05, 4.69) is 73.6 Å². The standard InChI is InChI=1S/C34H38N4/c1-24-21-26-16-17-30(29-14-6-8-19-36-33(29)31-15-9-11-25(2)37-31)38-32(26)23-28(22-24)35-20-10-13-27-12-5-7-18-34(27,3)4/h6,8-9,11-12,14-17,19,21-23,35-36H,1,5,7,10,13,18,20H2,2-4H3. The fourth-order valence-electron chi connectivity index (χ4n) is 5.42. The summed E-state index contributed by atoms with van der Waals surface area (Å²) in [6.07, 6.45) is 23.0. The number of nitrogens with one attached hydrogen (secondary N) is 2. The van der Waals surface area contributed by atoms with E-state index >= 15 is 0 Å². The van der Waals surface area contributed by atoms with Gasteiger partial charge in [-0.2, -0.15) is 0 Å². The molecule has 0 radical (unpaired) electrons. The molecule has 0 aromatic carbocycles. The largest absolute Gasteiger partial charge is 0.385 e. The topological polar surface area (TPSA) is 49.8 Å². The first-order valence-electron chi connectivity index (χ1n) is 13.7. The highest BCUT2D eigenvalue weighted by atomic mass is 14.9. The molecular formula is C34H38N4. The number of pyridine rings is 2. The average Bonchev–Trinajstić information content (AvgIpc) is 3.22. The Morgan fingerprint density at radius 2 is 1.92 bits per heavy atom. The summed E-state index contributed by atoms with van der Waals surface area (Å²) in [6.45, 7) is 12.0. The van der Waals surface area contributed by atoms with Gasteiger partial charge in [0, 0.05) is 34.9 Å². The number of hydrogen-bond donors (Lipinski definition) is 2. The zero-order valence-corrected chi connectivity index (χ0v) is 22.8. The third kappa shape index (κ3) is 5.96. The van der Waals surface area contributed by atoms with Gasteiger partial charge in [0.2, 0.25) is 0 Å². The quantitative estimate of drug-likeness (QED) is 0.369. The molecule has 0 saturated heterocycles. The van der Waals surface area contributed by atoms with E-state index in [0.717, 1.165) is 69.6 Å². The van der Waals surface area contributed by atoms with Gasteiger partial charge >= 0.3 is 0 Å². The second kappa shape index (κ2) is 11.2. The number of nitrogens with zero attached hydrogens (tertiary/aromatic N) is 2. The second-order valence-electron chi connectivity index (χ2n) is 11.0. The van der Waals surface area contributed by atoms with Gasteiger partial charge in [0.15, 0.2) is 0 Å². The molecule has 3 heterocycles. The van der Waals surface area contributed by atoms with Gasteiger partial charge in [0.05, 0.1) is 22.4 Å². The Hall–Kier alpha value is -3.92. The molecule has 5 rings (SSSR count). The summed E-state index contributed by atoms with van der Waals surface area (Å²) in [6, 6.07) is 10.3. The number of allylic oxidation sites excluding steroid dienone is 9. The molecule has 2 aliphatic carbocycles. The van der Waals surface area contributed by atoms with E-state index in [9.17, 15) is 0 Å². The molecule has 38 heavy (non-hydrogen) atoms. The van der Waals surface area contributed by atoms with Crippen molar-refractivity contribution in [3.8, 4) is 0 Å². The molecule has 2 N–H and O–H groups in total. The van der Waals surface area contributed by atoms with Gasteiger partial charge in [-0.05, 0) is 92.5 Å². The smallest absolute Gasteiger partial charge is 0.0874 e. The van der Waals surface area contributed by atoms with Crippen molar-refractivity contribution in [2.24, 2.45) is 5.41 Å². The molecule has 4 nitrogen and oxygen atoms in total. The van der Waals surface area contributed by atoms with E-state index in [-0.39, 0.29) is 0 Å². The molecule has 0 spiro atoms. The van der Waals surface area contributed by atoms with Crippen molar-refractivity contribution >= 4 is 23.4 Å². The Morgan fingerprint density at radius 1 is 1.03 bits per heavy atom. The van der Waals surface area contributed by atoms with Crippen LogP contribution in [0.4, 0.5) is 0 Å². The maximum atomic E-state index is 5.12. The lowest BCUT2D eigenvalue weighted by Gasteiger charge is -2.32. The van der Waals surface area contributed by atoms with Gasteiger partial charge in [0.25, 0.3) is 0 Å². The normalized spacial score (nSPS) is 18.2. The van der Waals surface area contributed by atoms with Gasteiger partial charge in [0.1, 0.15) is 0 Å². The van der Waals surface area contributed by atoms with Crippen molar-refractivity contribution < 1.29 is 0 Å². The lowest BCUT2D eigenvalue weighted by atomic mass is 9.74. The van der Waals surface area contributed by atoms with Gasteiger partial charge in [-0.25, -0.2) is 4.98 Å². The zero-order chi connectivity index (χ0) is 26.5. The molecule has 0 amide bonds. The molecule has 0 fully saturated rings. The van der Waals surface area contributed by atoms with Crippen LogP contribution in [-0.2, 0) is 0 Å². The number of rotatable bonds is 7. The molecule has 2 aromatic heterocycles. The van der Waals surface area contributed by atoms with Crippen LogP contribution in [0.3, 0.4) is 0 Å². The summed E-state index contributed by atoms with van der Waals surface area (Å²) in [5.41, 5.74) is 8.71. The van der Waals surface area contributed by atoms with E-state index in [1.54, 1.807) is 5.57 Å². The van der Waals surface area contributed by atoms with Crippen LogP contribution < -0.4 is 21.2 Å². The molecule has 1 aliphatic heterocycles. The lowest BCUT2D eigenvalue weighted by Crippen LogP contribution is -2.30. The number of hydrogen-bond acceptors (Lipinski definition) is 4. The Kier molecular flexibility index (Phi) is 7.59. The summed E-state index contributed by atoms with van der Waals surface area (Å²) < 4.78 is 0. The molecule has 0 saturated carbocycles. The first kappa shape index (κ1) is 25.7. The first-order valence-corrected chi connectivity index (χ1v) is 13.7. The van der Waals surface area contributed by atoms with Crippen molar-refractivity contribution in [2.45, 2.75) is 52.9 Å². The molecule has 0 unspecified atom stereocenters. The monoisotopic (exact) mass is 502 g/mol. The third-order valence-corrected chi connectivity index (χ3v) is 7.54. The predicted molar refractivity (Wildman–Crippen MR) is 160 cm³/mol. The molecule has 4 heteroatoms. The molecule has 3 aliphatic rings. The predicted octanol–water partition coefficient (Wildman–Crippen LogP) is 5.85. The van der Waals surface area contributed by atoms with Crippen molar-refractivity contribution in [1.82, 2.24) is 20.6 Å². The van der Waals surface area contributed by atoms with Crippen molar-refractivity contribution in [1.29, 1.82) is 0 Å². The third-order valence-electron chi connectivity index (χ3n) is 7.54. The Balaban J connectivity index is 1.41. The highest BCUT2D eigenvalue weighted by Crippen LogP contribution is 2.38. The summed E-state index contributed by atoms with van der Waals surface area (Å²) in [5.74, 6) is 0. The van der Waals surface area contributed by atoms with Gasteiger partial charge in [-0.3, -0.25) is 4.98 Å². The maximum absolute atomic E-state index is 5.12. The number of aryl methyl sites for hydroxylation is 1. The van der Waals surface area contributed by atoms with Crippen LogP contribution in [-0.4, -0.2) is 16.5 Å². The molecule has 0 bridgehead atoms. The van der Waals surface area contributed by atoms with Crippen LogP contribution in [0.1, 0.15) is 63.0 Å². The van der Waals surface area contributed by atoms with Crippen molar-refractivity contribution in [3.05, 3.63) is 118 Å². The zero-order valence-electron chi connectivity index (χ0n) is 22.8.